The van der Waals surface area contributed by atoms with Crippen molar-refractivity contribution in [2.45, 2.75) is 84.3 Å². The Morgan fingerprint density at radius 2 is 1.74 bits per heavy atom. The molecule has 3 aromatic rings. The van der Waals surface area contributed by atoms with E-state index in [0.29, 0.717) is 31.0 Å². The van der Waals surface area contributed by atoms with Gasteiger partial charge in [0.2, 0.25) is 5.88 Å². The molecule has 1 aromatic carbocycles. The second kappa shape index (κ2) is 13.4. The van der Waals surface area contributed by atoms with Crippen molar-refractivity contribution >= 4 is 17.7 Å². The molecule has 1 amide bonds. The number of rotatable bonds is 11. The first-order valence-corrected chi connectivity index (χ1v) is 13.9. The molecule has 0 bridgehead atoms. The van der Waals surface area contributed by atoms with E-state index in [2.05, 4.69) is 17.1 Å². The fraction of sp³-hybridized carbons (Fsp3) is 0.438. The van der Waals surface area contributed by atoms with Crippen LogP contribution in [0.5, 0.6) is 5.88 Å². The number of carbonyl (C=O) groups is 2. The third kappa shape index (κ3) is 8.63. The zero-order chi connectivity index (χ0) is 27.7. The van der Waals surface area contributed by atoms with Gasteiger partial charge in [-0.25, -0.2) is 14.8 Å². The Hall–Kier alpha value is -3.74. The molecule has 0 radical (unpaired) electrons. The van der Waals surface area contributed by atoms with Crippen LogP contribution in [0.3, 0.4) is 0 Å². The van der Waals surface area contributed by atoms with Crippen molar-refractivity contribution in [2.75, 3.05) is 11.4 Å². The Kier molecular flexibility index (Phi) is 9.69. The summed E-state index contributed by atoms with van der Waals surface area (Å²) in [5, 5.41) is 0. The predicted molar refractivity (Wildman–Crippen MR) is 152 cm³/mol. The monoisotopic (exact) mass is 529 g/mol. The molecule has 0 saturated carbocycles. The number of unbranched alkanes of at least 4 members (excludes halogenated alkanes) is 3. The number of pyridine rings is 2. The lowest BCUT2D eigenvalue weighted by molar-refractivity contribution is 0.0576. The molecule has 0 aliphatic carbocycles. The molecule has 1 aliphatic heterocycles. The fourth-order valence-corrected chi connectivity index (χ4v) is 4.56. The molecule has 0 atom stereocenters. The molecule has 0 fully saturated rings. The summed E-state index contributed by atoms with van der Waals surface area (Å²) >= 11 is 0. The van der Waals surface area contributed by atoms with Crippen molar-refractivity contribution in [2.24, 2.45) is 0 Å². The van der Waals surface area contributed by atoms with Crippen molar-refractivity contribution in [1.29, 1.82) is 0 Å². The van der Waals surface area contributed by atoms with Crippen molar-refractivity contribution < 1.29 is 19.1 Å². The Morgan fingerprint density at radius 1 is 0.949 bits per heavy atom. The average molecular weight is 530 g/mol. The summed E-state index contributed by atoms with van der Waals surface area (Å²) in [7, 11) is 0. The zero-order valence-corrected chi connectivity index (χ0v) is 23.3. The van der Waals surface area contributed by atoms with Crippen LogP contribution in [0.4, 0.5) is 10.6 Å². The van der Waals surface area contributed by atoms with Crippen LogP contribution in [0.2, 0.25) is 0 Å². The first kappa shape index (κ1) is 28.3. The molecule has 7 nitrogen and oxygen atoms in total. The number of hydrogen-bond donors (Lipinski definition) is 0. The Morgan fingerprint density at radius 3 is 2.49 bits per heavy atom. The number of ether oxygens (including phenoxy) is 2. The molecular formula is C32H39N3O4. The molecule has 0 N–H and O–H groups in total. The lowest BCUT2D eigenvalue weighted by atomic mass is 10.0. The minimum Gasteiger partial charge on any atom is -0.473 e. The number of Topliss-reactive ketones (excluding diaryl/α,β-unsaturated/α-hetero) is 1. The van der Waals surface area contributed by atoms with Crippen LogP contribution in [-0.2, 0) is 24.2 Å². The zero-order valence-electron chi connectivity index (χ0n) is 23.3. The van der Waals surface area contributed by atoms with Gasteiger partial charge in [0, 0.05) is 36.5 Å². The molecule has 4 rings (SSSR count). The highest BCUT2D eigenvalue weighted by Gasteiger charge is 2.28. The van der Waals surface area contributed by atoms with Crippen LogP contribution in [0.25, 0.3) is 0 Å². The van der Waals surface area contributed by atoms with E-state index in [1.165, 1.54) is 0 Å². The van der Waals surface area contributed by atoms with E-state index in [0.717, 1.165) is 67.6 Å². The van der Waals surface area contributed by atoms with Crippen molar-refractivity contribution in [1.82, 2.24) is 9.97 Å². The topological polar surface area (TPSA) is 81.6 Å². The summed E-state index contributed by atoms with van der Waals surface area (Å²) in [6.07, 6.45) is 8.29. The molecule has 3 heterocycles. The quantitative estimate of drug-likeness (QED) is 0.194. The van der Waals surface area contributed by atoms with Crippen LogP contribution < -0.4 is 9.64 Å². The molecule has 7 heteroatoms. The van der Waals surface area contributed by atoms with E-state index in [9.17, 15) is 9.59 Å². The minimum absolute atomic E-state index is 0.107. The number of ketones is 1. The van der Waals surface area contributed by atoms with Crippen LogP contribution >= 0.6 is 0 Å². The summed E-state index contributed by atoms with van der Waals surface area (Å²) in [6, 6.07) is 17.6. The first-order valence-electron chi connectivity index (χ1n) is 13.9. The lowest BCUT2D eigenvalue weighted by Crippen LogP contribution is -2.40. The Labute approximate surface area is 231 Å². The maximum Gasteiger partial charge on any atom is 0.416 e. The Bertz CT molecular complexity index is 1240. The van der Waals surface area contributed by atoms with Gasteiger partial charge in [0.05, 0.1) is 0 Å². The lowest BCUT2D eigenvalue weighted by Gasteiger charge is -2.31. The van der Waals surface area contributed by atoms with Gasteiger partial charge in [-0.3, -0.25) is 9.69 Å². The highest BCUT2D eigenvalue weighted by Crippen LogP contribution is 2.27. The average Bonchev–Trinajstić information content (AvgIpc) is 2.93. The molecule has 206 valence electrons. The van der Waals surface area contributed by atoms with Gasteiger partial charge in [0.1, 0.15) is 18.0 Å². The van der Waals surface area contributed by atoms with Gasteiger partial charge < -0.3 is 9.47 Å². The highest BCUT2D eigenvalue weighted by atomic mass is 16.6. The largest absolute Gasteiger partial charge is 0.473 e. The van der Waals surface area contributed by atoms with E-state index in [-0.39, 0.29) is 11.9 Å². The number of fused-ring (bicyclic) bond motifs is 1. The molecule has 2 aromatic heterocycles. The summed E-state index contributed by atoms with van der Waals surface area (Å²) in [5.74, 6) is 1.36. The smallest absolute Gasteiger partial charge is 0.416 e. The number of carbonyl (C=O) groups excluding carboxylic acids is 2. The van der Waals surface area contributed by atoms with Crippen LogP contribution in [0.15, 0.2) is 60.8 Å². The van der Waals surface area contributed by atoms with Gasteiger partial charge in [-0.2, -0.15) is 0 Å². The number of aryl methyl sites for hydroxylation is 2. The number of aromatic nitrogens is 2. The third-order valence-corrected chi connectivity index (χ3v) is 6.59. The third-order valence-electron chi connectivity index (χ3n) is 6.59. The van der Waals surface area contributed by atoms with Gasteiger partial charge in [-0.15, -0.1) is 0 Å². The predicted octanol–water partition coefficient (Wildman–Crippen LogP) is 7.12. The van der Waals surface area contributed by atoms with Gasteiger partial charge in [0.25, 0.3) is 0 Å². The summed E-state index contributed by atoms with van der Waals surface area (Å²) in [5.41, 5.74) is 3.24. The molecule has 0 saturated heterocycles. The van der Waals surface area contributed by atoms with E-state index >= 15 is 0 Å². The Balaban J connectivity index is 1.17. The number of amides is 1. The molecule has 0 spiro atoms. The van der Waals surface area contributed by atoms with E-state index < -0.39 is 5.60 Å². The van der Waals surface area contributed by atoms with E-state index in [1.807, 2.05) is 51.1 Å². The second-order valence-corrected chi connectivity index (χ2v) is 11.0. The highest BCUT2D eigenvalue weighted by molar-refractivity contribution is 5.95. The maximum atomic E-state index is 12.7. The fourth-order valence-electron chi connectivity index (χ4n) is 4.56. The molecular weight excluding hydrogens is 490 g/mol. The number of benzene rings is 1. The maximum absolute atomic E-state index is 12.7. The number of nitrogens with zero attached hydrogens (tertiary/aromatic N) is 3. The van der Waals surface area contributed by atoms with Gasteiger partial charge >= 0.3 is 6.09 Å². The second-order valence-electron chi connectivity index (χ2n) is 11.0. The normalized spacial score (nSPS) is 13.1. The number of anilines is 1. The van der Waals surface area contributed by atoms with Crippen LogP contribution in [-0.4, -0.2) is 34.0 Å². The molecule has 1 aliphatic rings. The van der Waals surface area contributed by atoms with Gasteiger partial charge in [-0.05, 0) is 76.1 Å². The van der Waals surface area contributed by atoms with Crippen molar-refractivity contribution in [3.8, 4) is 5.88 Å². The van der Waals surface area contributed by atoms with Crippen LogP contribution in [0, 0.1) is 0 Å². The standard InChI is InChI=1S/C32H39N3O4/c1-32(2,3)39-31(37)35-21-11-14-25-17-19-27(34-30(25)35)15-9-4-5-10-16-28(36)26-18-20-29(33-22-26)38-23-24-12-7-6-8-13-24/h6-8,12-13,17-20,22H,4-5,9-11,14-16,21,23H2,1-3H3. The minimum atomic E-state index is -0.537. The van der Waals surface area contributed by atoms with Crippen molar-refractivity contribution in [3.63, 3.8) is 0 Å². The summed E-state index contributed by atoms with van der Waals surface area (Å²) in [4.78, 5) is 36.1. The first-order chi connectivity index (χ1) is 18.8. The molecule has 0 unspecified atom stereocenters. The molecule has 39 heavy (non-hydrogen) atoms. The summed E-state index contributed by atoms with van der Waals surface area (Å²) < 4.78 is 11.3. The van der Waals surface area contributed by atoms with E-state index in [1.54, 1.807) is 23.2 Å². The SMILES string of the molecule is CC(C)(C)OC(=O)N1CCCc2ccc(CCCCCCC(=O)c3ccc(OCc4ccccc4)nc3)nc21. The van der Waals surface area contributed by atoms with E-state index in [4.69, 9.17) is 14.5 Å². The number of hydrogen-bond acceptors (Lipinski definition) is 6. The van der Waals surface area contributed by atoms with Crippen molar-refractivity contribution in [3.05, 3.63) is 83.2 Å². The summed E-state index contributed by atoms with van der Waals surface area (Å²) in [6.45, 7) is 6.71. The van der Waals surface area contributed by atoms with Gasteiger partial charge in [0.15, 0.2) is 5.78 Å². The van der Waals surface area contributed by atoms with Crippen LogP contribution in [0.1, 0.15) is 86.5 Å². The van der Waals surface area contributed by atoms with Gasteiger partial charge in [-0.1, -0.05) is 49.2 Å².